The van der Waals surface area contributed by atoms with E-state index in [2.05, 4.69) is 0 Å². The number of rotatable bonds is 3. The van der Waals surface area contributed by atoms with Gasteiger partial charge in [-0.25, -0.2) is 0 Å². The molecule has 0 radical (unpaired) electrons. The van der Waals surface area contributed by atoms with Gasteiger partial charge in [0.1, 0.15) is 26.4 Å². The minimum absolute atomic E-state index is 0.263. The summed E-state index contributed by atoms with van der Waals surface area (Å²) in [6.45, 7) is 1.77. The molecule has 6 heteroatoms. The van der Waals surface area contributed by atoms with Crippen molar-refractivity contribution in [1.82, 2.24) is 0 Å². The topological polar surface area (TPSA) is 71.1 Å². The molecule has 2 heterocycles. The predicted molar refractivity (Wildman–Crippen MR) is 83.5 cm³/mol. The minimum Gasteiger partial charge on any atom is -0.486 e. The van der Waals surface area contributed by atoms with Crippen LogP contribution in [-0.4, -0.2) is 38.0 Å². The number of hydrogen-bond donors (Lipinski definition) is 0. The fourth-order valence-electron chi connectivity index (χ4n) is 2.63. The van der Waals surface area contributed by atoms with E-state index in [0.29, 0.717) is 49.4 Å². The zero-order valence-corrected chi connectivity index (χ0v) is 12.7. The van der Waals surface area contributed by atoms with Crippen molar-refractivity contribution in [1.29, 1.82) is 0 Å². The third-order valence-corrected chi connectivity index (χ3v) is 3.81. The quantitative estimate of drug-likeness (QED) is 0.637. The summed E-state index contributed by atoms with van der Waals surface area (Å²) in [7, 11) is 0. The molecule has 2 aromatic carbocycles. The van der Waals surface area contributed by atoms with Crippen LogP contribution >= 0.6 is 0 Å². The van der Waals surface area contributed by atoms with Crippen LogP contribution < -0.4 is 18.9 Å². The molecule has 0 spiro atoms. The molecule has 0 bridgehead atoms. The number of carbonyl (C=O) groups excluding carboxylic acids is 2. The molecule has 24 heavy (non-hydrogen) atoms. The molecule has 0 aromatic heterocycles. The van der Waals surface area contributed by atoms with Crippen LogP contribution in [0.15, 0.2) is 36.4 Å². The van der Waals surface area contributed by atoms with Crippen molar-refractivity contribution in [3.8, 4) is 23.0 Å². The molecule has 0 fully saturated rings. The second kappa shape index (κ2) is 5.88. The average Bonchev–Trinajstić information content (AvgIpc) is 2.66. The van der Waals surface area contributed by atoms with Gasteiger partial charge >= 0.3 is 0 Å². The van der Waals surface area contributed by atoms with E-state index in [0.717, 1.165) is 0 Å². The van der Waals surface area contributed by atoms with E-state index >= 15 is 0 Å². The number of Topliss-reactive ketones (excluding diaryl/α,β-unsaturated/α-hetero) is 2. The maximum Gasteiger partial charge on any atom is 0.233 e. The lowest BCUT2D eigenvalue weighted by Gasteiger charge is -2.19. The Balaban J connectivity index is 1.61. The number of hydrogen-bond acceptors (Lipinski definition) is 6. The number of carbonyl (C=O) groups is 2. The van der Waals surface area contributed by atoms with E-state index in [-0.39, 0.29) is 11.1 Å². The fraction of sp³-hybridized carbons (Fsp3) is 0.222. The highest BCUT2D eigenvalue weighted by Crippen LogP contribution is 2.33. The third-order valence-electron chi connectivity index (χ3n) is 3.81. The van der Waals surface area contributed by atoms with Gasteiger partial charge in [-0.05, 0) is 36.4 Å². The van der Waals surface area contributed by atoms with Gasteiger partial charge in [-0.3, -0.25) is 9.59 Å². The van der Waals surface area contributed by atoms with Crippen LogP contribution in [0.3, 0.4) is 0 Å². The van der Waals surface area contributed by atoms with Crippen molar-refractivity contribution >= 4 is 11.6 Å². The molecule has 2 aliphatic rings. The van der Waals surface area contributed by atoms with Gasteiger partial charge in [-0.1, -0.05) is 0 Å². The summed E-state index contributed by atoms with van der Waals surface area (Å²) in [5.74, 6) is 0.880. The van der Waals surface area contributed by atoms with E-state index in [4.69, 9.17) is 18.9 Å². The molecular weight excluding hydrogens is 312 g/mol. The second-order valence-corrected chi connectivity index (χ2v) is 5.38. The molecule has 2 aromatic rings. The van der Waals surface area contributed by atoms with Gasteiger partial charge in [0.05, 0.1) is 0 Å². The molecule has 0 unspecified atom stereocenters. The zero-order valence-electron chi connectivity index (χ0n) is 12.7. The monoisotopic (exact) mass is 326 g/mol. The number of fused-ring (bicyclic) bond motifs is 2. The van der Waals surface area contributed by atoms with Crippen LogP contribution in [0.5, 0.6) is 23.0 Å². The Bertz CT molecular complexity index is 757. The SMILES string of the molecule is O=C(C(=O)c1ccc2c(c1)OCCO2)c1ccc2c(c1)OCCO2. The lowest BCUT2D eigenvalue weighted by atomic mass is 10.0. The molecule has 122 valence electrons. The number of ether oxygens (including phenoxy) is 4. The Morgan fingerprint density at radius 3 is 1.38 bits per heavy atom. The third kappa shape index (κ3) is 2.56. The average molecular weight is 326 g/mol. The summed E-state index contributed by atoms with van der Waals surface area (Å²) in [4.78, 5) is 25.0. The molecule has 0 saturated heterocycles. The predicted octanol–water partition coefficient (Wildman–Crippen LogP) is 2.29. The summed E-state index contributed by atoms with van der Waals surface area (Å²) in [5, 5.41) is 0. The molecule has 0 atom stereocenters. The number of ketones is 2. The van der Waals surface area contributed by atoms with Crippen LogP contribution in [0, 0.1) is 0 Å². The Morgan fingerprint density at radius 1 is 0.583 bits per heavy atom. The van der Waals surface area contributed by atoms with Gasteiger partial charge in [0, 0.05) is 11.1 Å². The first kappa shape index (κ1) is 14.6. The van der Waals surface area contributed by atoms with Gasteiger partial charge in [-0.15, -0.1) is 0 Å². The van der Waals surface area contributed by atoms with Crippen LogP contribution in [0.2, 0.25) is 0 Å². The highest BCUT2D eigenvalue weighted by Gasteiger charge is 2.23. The maximum absolute atomic E-state index is 12.5. The second-order valence-electron chi connectivity index (χ2n) is 5.38. The maximum atomic E-state index is 12.5. The van der Waals surface area contributed by atoms with Crippen molar-refractivity contribution in [2.24, 2.45) is 0 Å². The van der Waals surface area contributed by atoms with Crippen molar-refractivity contribution in [2.75, 3.05) is 26.4 Å². The lowest BCUT2D eigenvalue weighted by molar-refractivity contribution is 0.0815. The first-order valence-electron chi connectivity index (χ1n) is 7.61. The molecule has 0 amide bonds. The Hall–Kier alpha value is -3.02. The highest BCUT2D eigenvalue weighted by molar-refractivity contribution is 6.49. The first-order chi connectivity index (χ1) is 11.7. The van der Waals surface area contributed by atoms with E-state index in [1.807, 2.05) is 0 Å². The van der Waals surface area contributed by atoms with E-state index in [9.17, 15) is 9.59 Å². The summed E-state index contributed by atoms with van der Waals surface area (Å²) in [5.41, 5.74) is 0.526. The molecule has 0 N–H and O–H groups in total. The van der Waals surface area contributed by atoms with Crippen molar-refractivity contribution in [2.45, 2.75) is 0 Å². The highest BCUT2D eigenvalue weighted by atomic mass is 16.6. The van der Waals surface area contributed by atoms with Crippen LogP contribution in [-0.2, 0) is 0 Å². The molecule has 2 aliphatic heterocycles. The lowest BCUT2D eigenvalue weighted by Crippen LogP contribution is -2.19. The Morgan fingerprint density at radius 2 is 0.958 bits per heavy atom. The van der Waals surface area contributed by atoms with Crippen molar-refractivity contribution in [3.05, 3.63) is 47.5 Å². The normalized spacial score (nSPS) is 14.8. The zero-order chi connectivity index (χ0) is 16.5. The summed E-state index contributed by atoms with van der Waals surface area (Å²) in [6.07, 6.45) is 0. The van der Waals surface area contributed by atoms with Crippen molar-refractivity contribution in [3.63, 3.8) is 0 Å². The van der Waals surface area contributed by atoms with Gasteiger partial charge in [0.25, 0.3) is 0 Å². The molecule has 0 aliphatic carbocycles. The van der Waals surface area contributed by atoms with Crippen molar-refractivity contribution < 1.29 is 28.5 Å². The molecule has 4 rings (SSSR count). The Labute approximate surface area is 137 Å². The minimum atomic E-state index is -0.608. The fourth-order valence-corrected chi connectivity index (χ4v) is 2.63. The number of benzene rings is 2. The van der Waals surface area contributed by atoms with E-state index < -0.39 is 11.6 Å². The molecule has 0 saturated carbocycles. The first-order valence-corrected chi connectivity index (χ1v) is 7.61. The van der Waals surface area contributed by atoms with Gasteiger partial charge in [0.15, 0.2) is 23.0 Å². The summed E-state index contributed by atoms with van der Waals surface area (Å²) >= 11 is 0. The molecule has 6 nitrogen and oxygen atoms in total. The molecular formula is C18H14O6. The van der Waals surface area contributed by atoms with E-state index in [1.165, 1.54) is 12.1 Å². The summed E-state index contributed by atoms with van der Waals surface area (Å²) in [6, 6.07) is 9.47. The van der Waals surface area contributed by atoms with E-state index in [1.54, 1.807) is 24.3 Å². The van der Waals surface area contributed by atoms with Gasteiger partial charge < -0.3 is 18.9 Å². The van der Waals surface area contributed by atoms with Crippen LogP contribution in [0.4, 0.5) is 0 Å². The standard InChI is InChI=1S/C18H14O6/c19-17(11-1-3-13-15(9-11)23-7-5-21-13)18(20)12-2-4-14-16(10-12)24-8-6-22-14/h1-4,9-10H,5-8H2. The summed E-state index contributed by atoms with van der Waals surface area (Å²) < 4.78 is 21.7. The van der Waals surface area contributed by atoms with Crippen LogP contribution in [0.25, 0.3) is 0 Å². The smallest absolute Gasteiger partial charge is 0.233 e. The van der Waals surface area contributed by atoms with Gasteiger partial charge in [0.2, 0.25) is 11.6 Å². The Kier molecular flexibility index (Phi) is 3.57. The van der Waals surface area contributed by atoms with Gasteiger partial charge in [-0.2, -0.15) is 0 Å². The largest absolute Gasteiger partial charge is 0.486 e. The van der Waals surface area contributed by atoms with Crippen LogP contribution in [0.1, 0.15) is 20.7 Å².